The van der Waals surface area contributed by atoms with Crippen molar-refractivity contribution in [1.82, 2.24) is 9.97 Å². The molecule has 1 radical (unpaired) electrons. The van der Waals surface area contributed by atoms with Gasteiger partial charge in [-0.05, 0) is 77.3 Å². The molecule has 1 N–H and O–H groups in total. The molecule has 4 heteroatoms. The summed E-state index contributed by atoms with van der Waals surface area (Å²) in [7, 11) is 0. The van der Waals surface area contributed by atoms with Gasteiger partial charge in [0.15, 0.2) is 0 Å². The second-order valence-electron chi connectivity index (χ2n) is 9.48. The predicted octanol–water partition coefficient (Wildman–Crippen LogP) is 9.05. The number of benzene rings is 4. The summed E-state index contributed by atoms with van der Waals surface area (Å²) in [6.45, 7) is 7.94. The van der Waals surface area contributed by atoms with Crippen molar-refractivity contribution in [2.24, 2.45) is 0 Å². The molecule has 40 heavy (non-hydrogen) atoms. The molecule has 0 atom stereocenters. The number of aromatic hydroxyl groups is 1. The second-order valence-corrected chi connectivity index (χ2v) is 9.48. The average molecular weight is 705 g/mol. The van der Waals surface area contributed by atoms with Crippen LogP contribution in [0.4, 0.5) is 0 Å². The van der Waals surface area contributed by atoms with Gasteiger partial charge in [0.1, 0.15) is 5.75 Å². The molecule has 201 valence electrons. The number of aryl methyl sites for hydroxylation is 4. The van der Waals surface area contributed by atoms with Crippen molar-refractivity contribution in [2.45, 2.75) is 27.7 Å². The van der Waals surface area contributed by atoms with E-state index < -0.39 is 0 Å². The van der Waals surface area contributed by atoms with Gasteiger partial charge in [0.05, 0.1) is 12.5 Å². The first-order valence-corrected chi connectivity index (χ1v) is 12.7. The van der Waals surface area contributed by atoms with E-state index in [0.29, 0.717) is 5.56 Å². The molecule has 2 heterocycles. The van der Waals surface area contributed by atoms with E-state index in [9.17, 15) is 5.11 Å². The molecule has 0 saturated heterocycles. The zero-order valence-corrected chi connectivity index (χ0v) is 25.1. The molecular weight excluding hydrogens is 669 g/mol. The minimum Gasteiger partial charge on any atom is -0.507 e. The van der Waals surface area contributed by atoms with Crippen molar-refractivity contribution in [3.05, 3.63) is 138 Å². The number of pyridine rings is 2. The summed E-state index contributed by atoms with van der Waals surface area (Å²) in [5.74, 6) is 0.273. The first kappa shape index (κ1) is 22.7. The summed E-state index contributed by atoms with van der Waals surface area (Å²) in [6.07, 6.45) is 3.46. The fraction of sp³-hybridized carbons (Fsp3) is 0.111. The normalized spacial score (nSPS) is 12.2. The van der Waals surface area contributed by atoms with Crippen molar-refractivity contribution < 1.29 is 32.1 Å². The van der Waals surface area contributed by atoms with Gasteiger partial charge in [-0.3, -0.25) is 4.98 Å². The number of phenolic OH excluding ortho intramolecular Hbond substituents is 1. The summed E-state index contributed by atoms with van der Waals surface area (Å²) in [4.78, 5) is 8.78. The first-order valence-electron chi connectivity index (χ1n) is 15.2. The van der Waals surface area contributed by atoms with E-state index in [1.54, 1.807) is 18.5 Å². The summed E-state index contributed by atoms with van der Waals surface area (Å²) < 4.78 is 40.4. The molecule has 0 fully saturated rings. The fourth-order valence-corrected chi connectivity index (χ4v) is 4.68. The van der Waals surface area contributed by atoms with Gasteiger partial charge < -0.3 is 10.1 Å². The van der Waals surface area contributed by atoms with E-state index in [2.05, 4.69) is 22.1 Å². The van der Waals surface area contributed by atoms with Crippen LogP contribution in [0.1, 0.15) is 29.1 Å². The Bertz CT molecular complexity index is 1980. The Morgan fingerprint density at radius 1 is 0.725 bits per heavy atom. The van der Waals surface area contributed by atoms with Crippen LogP contribution in [-0.4, -0.2) is 15.1 Å². The molecule has 0 bridgehead atoms. The molecule has 0 saturated carbocycles. The Morgan fingerprint density at radius 3 is 2.25 bits per heavy atom. The number of hydrogen-bond donors (Lipinski definition) is 1. The second kappa shape index (κ2) is 12.8. The van der Waals surface area contributed by atoms with Crippen molar-refractivity contribution in [3.8, 4) is 39.4 Å². The van der Waals surface area contributed by atoms with E-state index in [1.807, 2.05) is 82.3 Å². The van der Waals surface area contributed by atoms with E-state index in [1.165, 1.54) is 0 Å². The van der Waals surface area contributed by atoms with Gasteiger partial charge >= 0.3 is 0 Å². The van der Waals surface area contributed by atoms with E-state index in [-0.39, 0.29) is 61.6 Å². The van der Waals surface area contributed by atoms with Crippen LogP contribution in [-0.2, 0) is 20.1 Å². The molecular formula is C36H31IrN2O-. The van der Waals surface area contributed by atoms with Crippen molar-refractivity contribution in [2.75, 3.05) is 0 Å². The zero-order chi connectivity index (χ0) is 31.7. The molecule has 6 rings (SSSR count). The summed E-state index contributed by atoms with van der Waals surface area (Å²) >= 11 is 0. The number of phenols is 1. The molecule has 0 aliphatic carbocycles. The van der Waals surface area contributed by atoms with Gasteiger partial charge in [-0.15, -0.1) is 34.9 Å². The molecule has 0 amide bonds. The predicted molar refractivity (Wildman–Crippen MR) is 162 cm³/mol. The Morgan fingerprint density at radius 2 is 1.52 bits per heavy atom. The Kier molecular flexibility index (Phi) is 7.27. The van der Waals surface area contributed by atoms with Gasteiger partial charge in [-0.2, -0.15) is 0 Å². The molecule has 2 aromatic heterocycles. The maximum Gasteiger partial charge on any atom is 0.124 e. The molecule has 4 aromatic carbocycles. The number of hydrogen-bond acceptors (Lipinski definition) is 3. The van der Waals surface area contributed by atoms with Crippen LogP contribution in [0.2, 0.25) is 0 Å². The fourth-order valence-electron chi connectivity index (χ4n) is 4.68. The standard InChI is InChI=1S/C24H20N.C12H11NO.Ir/c1-16-13-17(2)15-20(14-16)24-23-10-9-21(19-7-5-4-6-8-19)18(3)22(23)11-12-25-24;1-9-5-6-12(14)10(8-9)11-4-2-3-7-13-11;/h4-14H,1-3H3;2-8,14H,1H3;/q-1;;/i4D,5D,6D,7D,8D;;. The van der Waals surface area contributed by atoms with Crippen molar-refractivity contribution in [3.63, 3.8) is 0 Å². The third-order valence-corrected chi connectivity index (χ3v) is 6.48. The molecule has 0 aliphatic heterocycles. The minimum atomic E-state index is -0.385. The Hall–Kier alpha value is -4.11. The third kappa shape index (κ3) is 6.37. The maximum absolute atomic E-state index is 9.65. The number of rotatable bonds is 3. The topological polar surface area (TPSA) is 46.0 Å². The largest absolute Gasteiger partial charge is 0.507 e. The van der Waals surface area contributed by atoms with Gasteiger partial charge in [0.25, 0.3) is 0 Å². The van der Waals surface area contributed by atoms with Gasteiger partial charge in [0, 0.05) is 38.1 Å². The third-order valence-electron chi connectivity index (χ3n) is 6.48. The van der Waals surface area contributed by atoms with Gasteiger partial charge in [-0.25, -0.2) is 0 Å². The first-order chi connectivity index (χ1) is 21.0. The van der Waals surface area contributed by atoms with Crippen LogP contribution in [0.15, 0.2) is 109 Å². The van der Waals surface area contributed by atoms with Crippen LogP contribution in [0.5, 0.6) is 5.75 Å². The van der Waals surface area contributed by atoms with Gasteiger partial charge in [0.2, 0.25) is 0 Å². The maximum atomic E-state index is 9.65. The van der Waals surface area contributed by atoms with Crippen LogP contribution >= 0.6 is 0 Å². The zero-order valence-electron chi connectivity index (χ0n) is 27.7. The van der Waals surface area contributed by atoms with Crippen LogP contribution in [0, 0.1) is 33.8 Å². The SMILES string of the molecule is Cc1ccc(O)c(-c2ccccn2)c1.[2H]c1c([2H])c([2H])c(-c2ccc3c(-c4[c-]c(C)cc(C)c4)nccc3c2C)c([2H])c1[2H].[Ir]. The van der Waals surface area contributed by atoms with E-state index in [4.69, 9.17) is 6.85 Å². The monoisotopic (exact) mass is 705 g/mol. The summed E-state index contributed by atoms with van der Waals surface area (Å²) in [5, 5.41) is 11.5. The average Bonchev–Trinajstić information content (AvgIpc) is 3.01. The van der Waals surface area contributed by atoms with Gasteiger partial charge in [-0.1, -0.05) is 73.9 Å². The smallest absolute Gasteiger partial charge is 0.124 e. The number of fused-ring (bicyclic) bond motifs is 1. The summed E-state index contributed by atoms with van der Waals surface area (Å²) in [6, 6.07) is 22.8. The van der Waals surface area contributed by atoms with Crippen LogP contribution < -0.4 is 0 Å². The van der Waals surface area contributed by atoms with E-state index >= 15 is 0 Å². The Labute approximate surface area is 257 Å². The minimum absolute atomic E-state index is 0. The quantitative estimate of drug-likeness (QED) is 0.187. The van der Waals surface area contributed by atoms with Crippen LogP contribution in [0.3, 0.4) is 0 Å². The summed E-state index contributed by atoms with van der Waals surface area (Å²) in [5.41, 5.74) is 8.28. The van der Waals surface area contributed by atoms with Crippen LogP contribution in [0.25, 0.3) is 44.4 Å². The molecule has 0 unspecified atom stereocenters. The van der Waals surface area contributed by atoms with Crippen molar-refractivity contribution in [1.29, 1.82) is 0 Å². The molecule has 6 aromatic rings. The Balaban J connectivity index is 0.000000258. The number of aromatic nitrogens is 2. The number of nitrogens with zero attached hydrogens (tertiary/aromatic N) is 2. The molecule has 3 nitrogen and oxygen atoms in total. The molecule has 0 aliphatic rings. The van der Waals surface area contributed by atoms with E-state index in [0.717, 1.165) is 55.5 Å². The van der Waals surface area contributed by atoms with Crippen molar-refractivity contribution >= 4 is 10.8 Å². The molecule has 0 spiro atoms.